The summed E-state index contributed by atoms with van der Waals surface area (Å²) >= 11 is 0. The van der Waals surface area contributed by atoms with Gasteiger partial charge in [-0.15, -0.1) is 0 Å². The van der Waals surface area contributed by atoms with E-state index in [1.165, 1.54) is 5.39 Å². The van der Waals surface area contributed by atoms with Gasteiger partial charge in [-0.3, -0.25) is 4.68 Å². The molecule has 2 aromatic rings. The van der Waals surface area contributed by atoms with Gasteiger partial charge in [-0.05, 0) is 19.9 Å². The minimum absolute atomic E-state index is 0.553. The van der Waals surface area contributed by atoms with Crippen molar-refractivity contribution >= 4 is 10.9 Å². The van der Waals surface area contributed by atoms with Crippen LogP contribution in [0.15, 0.2) is 24.3 Å². The Balaban J connectivity index is 2.14. The van der Waals surface area contributed by atoms with E-state index in [9.17, 15) is 5.11 Å². The Bertz CT molecular complexity index is 511. The van der Waals surface area contributed by atoms with Gasteiger partial charge in [-0.1, -0.05) is 18.2 Å². The quantitative estimate of drug-likeness (QED) is 0.840. The highest BCUT2D eigenvalue weighted by Gasteiger charge is 2.13. The Morgan fingerprint density at radius 2 is 2.06 bits per heavy atom. The van der Waals surface area contributed by atoms with Crippen LogP contribution in [0.25, 0.3) is 10.9 Å². The Morgan fingerprint density at radius 1 is 1.35 bits per heavy atom. The molecule has 0 aliphatic carbocycles. The second-order valence-electron chi connectivity index (χ2n) is 5.00. The lowest BCUT2D eigenvalue weighted by atomic mass is 10.1. The first-order valence-electron chi connectivity index (χ1n) is 5.81. The van der Waals surface area contributed by atoms with Crippen molar-refractivity contribution in [3.63, 3.8) is 0 Å². The van der Waals surface area contributed by atoms with Crippen LogP contribution >= 0.6 is 0 Å². The molecule has 0 radical (unpaired) electrons. The average molecular weight is 233 g/mol. The summed E-state index contributed by atoms with van der Waals surface area (Å²) in [5, 5.41) is 18.5. The first-order valence-corrected chi connectivity index (χ1v) is 5.81. The van der Waals surface area contributed by atoms with E-state index in [2.05, 4.69) is 22.5 Å². The summed E-state index contributed by atoms with van der Waals surface area (Å²) in [4.78, 5) is 0. The van der Waals surface area contributed by atoms with Gasteiger partial charge in [0.15, 0.2) is 0 Å². The average Bonchev–Trinajstić information content (AvgIpc) is 2.55. The van der Waals surface area contributed by atoms with Crippen LogP contribution in [0, 0.1) is 0 Å². The molecule has 0 spiro atoms. The number of rotatable bonds is 4. The van der Waals surface area contributed by atoms with E-state index in [-0.39, 0.29) is 0 Å². The molecular formula is C13H19N3O. The van der Waals surface area contributed by atoms with Crippen molar-refractivity contribution in [2.75, 3.05) is 6.54 Å². The number of aryl methyl sites for hydroxylation is 1. The molecule has 0 unspecified atom stereocenters. The molecule has 4 heteroatoms. The largest absolute Gasteiger partial charge is 0.389 e. The van der Waals surface area contributed by atoms with Gasteiger partial charge in [0.1, 0.15) is 0 Å². The molecule has 2 rings (SSSR count). The van der Waals surface area contributed by atoms with Gasteiger partial charge in [0.05, 0.1) is 16.8 Å². The lowest BCUT2D eigenvalue weighted by molar-refractivity contribution is 0.0794. The maximum absolute atomic E-state index is 9.63. The number of fused-ring (bicyclic) bond motifs is 1. The molecule has 0 fully saturated rings. The van der Waals surface area contributed by atoms with Crippen molar-refractivity contribution in [2.24, 2.45) is 7.05 Å². The molecule has 0 saturated heterocycles. The molecule has 1 heterocycles. The fourth-order valence-corrected chi connectivity index (χ4v) is 1.91. The summed E-state index contributed by atoms with van der Waals surface area (Å²) in [6.07, 6.45) is 0. The first-order chi connectivity index (χ1) is 7.97. The zero-order valence-corrected chi connectivity index (χ0v) is 10.6. The highest BCUT2D eigenvalue weighted by molar-refractivity contribution is 5.81. The SMILES string of the molecule is Cn1nc(CNCC(C)(C)O)c2ccccc21. The van der Waals surface area contributed by atoms with Crippen molar-refractivity contribution in [1.82, 2.24) is 15.1 Å². The number of benzene rings is 1. The molecule has 4 nitrogen and oxygen atoms in total. The third-order valence-corrected chi connectivity index (χ3v) is 2.68. The number of nitrogens with zero attached hydrogens (tertiary/aromatic N) is 2. The summed E-state index contributed by atoms with van der Waals surface area (Å²) in [5.74, 6) is 0. The van der Waals surface area contributed by atoms with E-state index in [1.807, 2.05) is 23.9 Å². The monoisotopic (exact) mass is 233 g/mol. The van der Waals surface area contributed by atoms with E-state index < -0.39 is 5.60 Å². The topological polar surface area (TPSA) is 50.1 Å². The van der Waals surface area contributed by atoms with Crippen LogP contribution in [0.1, 0.15) is 19.5 Å². The van der Waals surface area contributed by atoms with Crippen LogP contribution in [0.5, 0.6) is 0 Å². The van der Waals surface area contributed by atoms with Crippen molar-refractivity contribution in [1.29, 1.82) is 0 Å². The van der Waals surface area contributed by atoms with Crippen LogP contribution < -0.4 is 5.32 Å². The van der Waals surface area contributed by atoms with Gasteiger partial charge in [0.2, 0.25) is 0 Å². The lowest BCUT2D eigenvalue weighted by Gasteiger charge is -2.17. The molecule has 1 aromatic heterocycles. The molecule has 0 aliphatic rings. The molecular weight excluding hydrogens is 214 g/mol. The third kappa shape index (κ3) is 2.84. The number of hydrogen-bond acceptors (Lipinski definition) is 3. The van der Waals surface area contributed by atoms with Crippen molar-refractivity contribution in [3.05, 3.63) is 30.0 Å². The molecule has 0 saturated carbocycles. The fraction of sp³-hybridized carbons (Fsp3) is 0.462. The Kier molecular flexibility index (Phi) is 3.17. The Hall–Kier alpha value is -1.39. The van der Waals surface area contributed by atoms with E-state index in [0.29, 0.717) is 13.1 Å². The number of aliphatic hydroxyl groups is 1. The normalized spacial score (nSPS) is 12.2. The van der Waals surface area contributed by atoms with Gasteiger partial charge in [-0.2, -0.15) is 5.10 Å². The van der Waals surface area contributed by atoms with E-state index in [0.717, 1.165) is 11.2 Å². The molecule has 2 N–H and O–H groups in total. The summed E-state index contributed by atoms with van der Waals surface area (Å²) in [6, 6.07) is 8.16. The summed E-state index contributed by atoms with van der Waals surface area (Å²) < 4.78 is 1.89. The predicted octanol–water partition coefficient (Wildman–Crippen LogP) is 1.43. The zero-order chi connectivity index (χ0) is 12.5. The molecule has 0 bridgehead atoms. The number of aromatic nitrogens is 2. The standard InChI is InChI=1S/C13H19N3O/c1-13(2,17)9-14-8-11-10-6-4-5-7-12(10)16(3)15-11/h4-7,14,17H,8-9H2,1-3H3. The fourth-order valence-electron chi connectivity index (χ4n) is 1.91. The molecule has 0 amide bonds. The highest BCUT2D eigenvalue weighted by Crippen LogP contribution is 2.17. The van der Waals surface area contributed by atoms with E-state index in [4.69, 9.17) is 0 Å². The van der Waals surface area contributed by atoms with Gasteiger partial charge >= 0.3 is 0 Å². The maximum Gasteiger partial charge on any atom is 0.0841 e. The molecule has 17 heavy (non-hydrogen) atoms. The Labute approximate surface area is 101 Å². The van der Waals surface area contributed by atoms with E-state index >= 15 is 0 Å². The highest BCUT2D eigenvalue weighted by atomic mass is 16.3. The van der Waals surface area contributed by atoms with Gasteiger partial charge in [0.25, 0.3) is 0 Å². The minimum atomic E-state index is -0.690. The third-order valence-electron chi connectivity index (χ3n) is 2.68. The van der Waals surface area contributed by atoms with Crippen molar-refractivity contribution in [3.8, 4) is 0 Å². The van der Waals surface area contributed by atoms with Gasteiger partial charge in [0, 0.05) is 25.5 Å². The van der Waals surface area contributed by atoms with Crippen LogP contribution in [0.2, 0.25) is 0 Å². The van der Waals surface area contributed by atoms with Crippen LogP contribution in [-0.2, 0) is 13.6 Å². The minimum Gasteiger partial charge on any atom is -0.389 e. The second-order valence-corrected chi connectivity index (χ2v) is 5.00. The molecule has 0 aliphatic heterocycles. The van der Waals surface area contributed by atoms with Crippen LogP contribution in [0.3, 0.4) is 0 Å². The van der Waals surface area contributed by atoms with Gasteiger partial charge in [-0.25, -0.2) is 0 Å². The number of para-hydroxylation sites is 1. The molecule has 92 valence electrons. The van der Waals surface area contributed by atoms with Crippen molar-refractivity contribution < 1.29 is 5.11 Å². The Morgan fingerprint density at radius 3 is 2.76 bits per heavy atom. The number of hydrogen-bond donors (Lipinski definition) is 2. The predicted molar refractivity (Wildman–Crippen MR) is 68.7 cm³/mol. The van der Waals surface area contributed by atoms with Crippen LogP contribution in [-0.4, -0.2) is 27.0 Å². The molecule has 0 atom stereocenters. The summed E-state index contributed by atoms with van der Waals surface area (Å²) in [5.41, 5.74) is 1.46. The number of nitrogens with one attached hydrogen (secondary N) is 1. The summed E-state index contributed by atoms with van der Waals surface area (Å²) in [6.45, 7) is 4.80. The maximum atomic E-state index is 9.63. The second kappa shape index (κ2) is 4.47. The summed E-state index contributed by atoms with van der Waals surface area (Å²) in [7, 11) is 1.95. The van der Waals surface area contributed by atoms with Gasteiger partial charge < -0.3 is 10.4 Å². The van der Waals surface area contributed by atoms with Crippen LogP contribution in [0.4, 0.5) is 0 Å². The lowest BCUT2D eigenvalue weighted by Crippen LogP contribution is -2.34. The molecule has 1 aromatic carbocycles. The van der Waals surface area contributed by atoms with Crippen molar-refractivity contribution in [2.45, 2.75) is 26.0 Å². The van der Waals surface area contributed by atoms with E-state index in [1.54, 1.807) is 13.8 Å². The first kappa shape index (κ1) is 12.1. The smallest absolute Gasteiger partial charge is 0.0841 e. The zero-order valence-electron chi connectivity index (χ0n) is 10.6.